The summed E-state index contributed by atoms with van der Waals surface area (Å²) in [6.07, 6.45) is 2.48. The van der Waals surface area contributed by atoms with Gasteiger partial charge in [-0.1, -0.05) is 18.2 Å². The van der Waals surface area contributed by atoms with Gasteiger partial charge in [0.2, 0.25) is 5.91 Å². The number of amides is 1. The maximum Gasteiger partial charge on any atom is 0.420 e. The Morgan fingerprint density at radius 2 is 2.00 bits per heavy atom. The van der Waals surface area contributed by atoms with E-state index >= 15 is 0 Å². The number of aromatic nitrogens is 1. The molecule has 4 rings (SSSR count). The van der Waals surface area contributed by atoms with Crippen molar-refractivity contribution < 1.29 is 13.9 Å². The molecule has 3 aromatic rings. The predicted octanol–water partition coefficient (Wildman–Crippen LogP) is 2.91. The van der Waals surface area contributed by atoms with E-state index in [1.807, 2.05) is 28.5 Å². The highest BCUT2D eigenvalue weighted by Gasteiger charge is 2.26. The van der Waals surface area contributed by atoms with E-state index in [4.69, 9.17) is 9.15 Å². The number of carbonyl (C=O) groups is 1. The first-order valence-corrected chi connectivity index (χ1v) is 10.1. The number of thiophene rings is 1. The third-order valence-corrected chi connectivity index (χ3v) is 5.93. The van der Waals surface area contributed by atoms with Crippen LogP contribution in [-0.4, -0.2) is 41.2 Å². The molecule has 3 heterocycles. The van der Waals surface area contributed by atoms with Gasteiger partial charge >= 0.3 is 5.76 Å². The van der Waals surface area contributed by atoms with Gasteiger partial charge in [0.05, 0.1) is 5.52 Å². The fraction of sp³-hybridized carbons (Fsp3) is 0.400. The van der Waals surface area contributed by atoms with Gasteiger partial charge in [-0.25, -0.2) is 4.79 Å². The smallest absolute Gasteiger partial charge is 0.408 e. The Kier molecular flexibility index (Phi) is 5.40. The van der Waals surface area contributed by atoms with Crippen molar-refractivity contribution in [2.75, 3.05) is 19.8 Å². The predicted molar refractivity (Wildman–Crippen MR) is 104 cm³/mol. The molecular formula is C20H22N2O4S. The minimum atomic E-state index is -0.491. The second-order valence-corrected chi connectivity index (χ2v) is 7.71. The van der Waals surface area contributed by atoms with Crippen molar-refractivity contribution in [3.63, 3.8) is 0 Å². The Hall–Kier alpha value is -2.38. The second-order valence-electron chi connectivity index (χ2n) is 6.68. The van der Waals surface area contributed by atoms with Crippen LogP contribution in [0.3, 0.4) is 0 Å². The molecule has 0 unspecified atom stereocenters. The zero-order valence-corrected chi connectivity index (χ0v) is 15.8. The summed E-state index contributed by atoms with van der Waals surface area (Å²) >= 11 is 1.70. The number of fused-ring (bicyclic) bond motifs is 1. The molecule has 0 aliphatic carbocycles. The van der Waals surface area contributed by atoms with Crippen LogP contribution in [0.4, 0.5) is 0 Å². The van der Waals surface area contributed by atoms with E-state index in [1.54, 1.807) is 23.5 Å². The minimum Gasteiger partial charge on any atom is -0.408 e. The molecular weight excluding hydrogens is 364 g/mol. The van der Waals surface area contributed by atoms with Gasteiger partial charge in [0.1, 0.15) is 6.54 Å². The number of hydrogen-bond acceptors (Lipinski definition) is 5. The Morgan fingerprint density at radius 3 is 2.78 bits per heavy atom. The zero-order chi connectivity index (χ0) is 18.6. The number of oxazole rings is 1. The molecule has 6 nitrogen and oxygen atoms in total. The molecule has 0 saturated carbocycles. The number of carbonyl (C=O) groups excluding carboxylic acids is 1. The lowest BCUT2D eigenvalue weighted by atomic mass is 10.1. The molecule has 2 aromatic heterocycles. The summed E-state index contributed by atoms with van der Waals surface area (Å²) in [5.74, 6) is -0.540. The van der Waals surface area contributed by atoms with Gasteiger partial charge in [-0.05, 0) is 42.8 Å². The first-order chi connectivity index (χ1) is 13.2. The second kappa shape index (κ2) is 8.10. The first kappa shape index (κ1) is 18.0. The average molecular weight is 386 g/mol. The molecule has 0 spiro atoms. The zero-order valence-electron chi connectivity index (χ0n) is 15.0. The van der Waals surface area contributed by atoms with Crippen LogP contribution in [0.15, 0.2) is 51.0 Å². The Bertz CT molecular complexity index is 954. The van der Waals surface area contributed by atoms with E-state index < -0.39 is 5.76 Å². The number of para-hydroxylation sites is 2. The summed E-state index contributed by atoms with van der Waals surface area (Å²) in [5.41, 5.74) is 1.16. The first-order valence-electron chi connectivity index (χ1n) is 9.20. The quantitative estimate of drug-likeness (QED) is 0.653. The van der Waals surface area contributed by atoms with Gasteiger partial charge in [-0.2, -0.15) is 0 Å². The van der Waals surface area contributed by atoms with E-state index in [1.165, 1.54) is 9.44 Å². The van der Waals surface area contributed by atoms with Gasteiger partial charge in [0, 0.05) is 30.7 Å². The summed E-state index contributed by atoms with van der Waals surface area (Å²) in [4.78, 5) is 28.6. The van der Waals surface area contributed by atoms with Crippen molar-refractivity contribution in [1.29, 1.82) is 0 Å². The number of rotatable bonds is 6. The van der Waals surface area contributed by atoms with Crippen molar-refractivity contribution in [1.82, 2.24) is 9.47 Å². The van der Waals surface area contributed by atoms with Crippen molar-refractivity contribution in [3.05, 3.63) is 57.2 Å². The number of benzene rings is 1. The Morgan fingerprint density at radius 1 is 1.19 bits per heavy atom. The summed E-state index contributed by atoms with van der Waals surface area (Å²) in [6.45, 7) is 1.98. The highest BCUT2D eigenvalue weighted by atomic mass is 32.1. The molecule has 7 heteroatoms. The molecule has 142 valence electrons. The third-order valence-electron chi connectivity index (χ3n) is 5.00. The lowest BCUT2D eigenvalue weighted by Gasteiger charge is -2.34. The van der Waals surface area contributed by atoms with Gasteiger partial charge in [0.15, 0.2) is 5.58 Å². The normalized spacial score (nSPS) is 15.3. The summed E-state index contributed by atoms with van der Waals surface area (Å²) < 4.78 is 12.1. The monoisotopic (exact) mass is 386 g/mol. The molecule has 1 aliphatic heterocycles. The molecule has 0 N–H and O–H groups in total. The summed E-state index contributed by atoms with van der Waals surface area (Å²) in [5, 5.41) is 2.05. The summed E-state index contributed by atoms with van der Waals surface area (Å²) in [6, 6.07) is 11.5. The van der Waals surface area contributed by atoms with E-state index in [9.17, 15) is 9.59 Å². The van der Waals surface area contributed by atoms with Crippen LogP contribution >= 0.6 is 11.3 Å². The van der Waals surface area contributed by atoms with Crippen LogP contribution in [-0.2, 0) is 22.5 Å². The maximum atomic E-state index is 13.2. The van der Waals surface area contributed by atoms with Gasteiger partial charge in [-0.15, -0.1) is 11.3 Å². The molecule has 27 heavy (non-hydrogen) atoms. The topological polar surface area (TPSA) is 64.7 Å². The lowest BCUT2D eigenvalue weighted by molar-refractivity contribution is -0.136. The molecule has 0 atom stereocenters. The fourth-order valence-electron chi connectivity index (χ4n) is 3.58. The van der Waals surface area contributed by atoms with Crippen LogP contribution in [0, 0.1) is 0 Å². The molecule has 1 saturated heterocycles. The molecule has 1 amide bonds. The van der Waals surface area contributed by atoms with Crippen molar-refractivity contribution in [3.8, 4) is 0 Å². The average Bonchev–Trinajstić information content (AvgIpc) is 3.31. The van der Waals surface area contributed by atoms with Crippen LogP contribution < -0.4 is 5.76 Å². The van der Waals surface area contributed by atoms with Crippen LogP contribution in [0.1, 0.15) is 17.7 Å². The molecule has 0 bridgehead atoms. The Balaban J connectivity index is 1.55. The molecule has 1 aromatic carbocycles. The van der Waals surface area contributed by atoms with Crippen LogP contribution in [0.2, 0.25) is 0 Å². The SMILES string of the molecule is O=C(Cn1c(=O)oc2ccccc21)N(CCc1cccs1)C1CCOCC1. The van der Waals surface area contributed by atoms with E-state index in [2.05, 4.69) is 6.07 Å². The molecule has 1 aliphatic rings. The number of hydrogen-bond donors (Lipinski definition) is 0. The van der Waals surface area contributed by atoms with Crippen LogP contribution in [0.25, 0.3) is 11.1 Å². The third kappa shape index (κ3) is 3.99. The summed E-state index contributed by atoms with van der Waals surface area (Å²) in [7, 11) is 0. The van der Waals surface area contributed by atoms with Crippen molar-refractivity contribution in [2.45, 2.75) is 31.8 Å². The number of nitrogens with zero attached hydrogens (tertiary/aromatic N) is 2. The highest BCUT2D eigenvalue weighted by Crippen LogP contribution is 2.19. The number of ether oxygens (including phenoxy) is 1. The van der Waals surface area contributed by atoms with E-state index in [-0.39, 0.29) is 18.5 Å². The maximum absolute atomic E-state index is 13.2. The van der Waals surface area contributed by atoms with Crippen LogP contribution in [0.5, 0.6) is 0 Å². The van der Waals surface area contributed by atoms with Crippen molar-refractivity contribution in [2.24, 2.45) is 0 Å². The van der Waals surface area contributed by atoms with E-state index in [0.717, 1.165) is 19.3 Å². The minimum absolute atomic E-state index is 0.00234. The highest BCUT2D eigenvalue weighted by molar-refractivity contribution is 7.09. The molecule has 0 radical (unpaired) electrons. The lowest BCUT2D eigenvalue weighted by Crippen LogP contribution is -2.46. The van der Waals surface area contributed by atoms with Gasteiger partial charge in [-0.3, -0.25) is 9.36 Å². The van der Waals surface area contributed by atoms with Gasteiger partial charge in [0.25, 0.3) is 0 Å². The fourth-order valence-corrected chi connectivity index (χ4v) is 4.28. The molecule has 1 fully saturated rings. The largest absolute Gasteiger partial charge is 0.420 e. The van der Waals surface area contributed by atoms with Crippen molar-refractivity contribution >= 4 is 28.3 Å². The Labute approximate surface area is 161 Å². The standard InChI is InChI=1S/C20H22N2O4S/c23-19(14-22-17-5-1-2-6-18(17)26-20(22)24)21(15-8-11-25-12-9-15)10-7-16-4-3-13-27-16/h1-6,13,15H,7-12,14H2. The van der Waals surface area contributed by atoms with Gasteiger partial charge < -0.3 is 14.1 Å². The van der Waals surface area contributed by atoms with E-state index in [0.29, 0.717) is 30.9 Å².